The first-order valence-electron chi connectivity index (χ1n) is 11.6. The maximum absolute atomic E-state index is 12.7. The van der Waals surface area contributed by atoms with Crippen molar-refractivity contribution in [2.75, 3.05) is 36.9 Å². The van der Waals surface area contributed by atoms with E-state index in [0.29, 0.717) is 35.6 Å². The minimum Gasteiger partial charge on any atom is -0.491 e. The van der Waals surface area contributed by atoms with E-state index in [1.165, 1.54) is 5.57 Å². The minimum atomic E-state index is -0.214. The van der Waals surface area contributed by atoms with E-state index >= 15 is 0 Å². The zero-order chi connectivity index (χ0) is 24.9. The fourth-order valence-corrected chi connectivity index (χ4v) is 4.20. The number of fused-ring (bicyclic) bond motifs is 1. The lowest BCUT2D eigenvalue weighted by molar-refractivity contribution is 0.201. The summed E-state index contributed by atoms with van der Waals surface area (Å²) in [5.41, 5.74) is 5.24. The van der Waals surface area contributed by atoms with Gasteiger partial charge >= 0.3 is 6.03 Å². The second-order valence-electron chi connectivity index (χ2n) is 8.26. The molecule has 2 amide bonds. The number of rotatable bonds is 7. The molecule has 4 aromatic rings. The number of aliphatic hydroxyl groups is 1. The van der Waals surface area contributed by atoms with Crippen molar-refractivity contribution in [3.05, 3.63) is 83.4 Å². The van der Waals surface area contributed by atoms with Crippen LogP contribution in [0.3, 0.4) is 0 Å². The summed E-state index contributed by atoms with van der Waals surface area (Å²) in [6, 6.07) is 20.9. The van der Waals surface area contributed by atoms with Crippen molar-refractivity contribution < 1.29 is 19.1 Å². The summed E-state index contributed by atoms with van der Waals surface area (Å²) in [4.78, 5) is 18.9. The van der Waals surface area contributed by atoms with E-state index in [1.54, 1.807) is 23.1 Å². The molecule has 0 unspecified atom stereocenters. The number of halogens is 1. The molecule has 0 saturated heterocycles. The molecule has 3 aromatic carbocycles. The number of aromatic nitrogens is 1. The summed E-state index contributed by atoms with van der Waals surface area (Å²) in [7, 11) is 0. The van der Waals surface area contributed by atoms with E-state index in [1.807, 2.05) is 48.5 Å². The van der Waals surface area contributed by atoms with Gasteiger partial charge in [-0.3, -0.25) is 0 Å². The maximum atomic E-state index is 12.7. The molecule has 0 saturated carbocycles. The van der Waals surface area contributed by atoms with Crippen molar-refractivity contribution in [2.24, 2.45) is 0 Å². The Labute approximate surface area is 213 Å². The quantitative estimate of drug-likeness (QED) is 0.289. The van der Waals surface area contributed by atoms with E-state index in [4.69, 9.17) is 25.9 Å². The zero-order valence-electron chi connectivity index (χ0n) is 19.4. The Morgan fingerprint density at radius 2 is 1.97 bits per heavy atom. The molecule has 0 bridgehead atoms. The van der Waals surface area contributed by atoms with Crippen molar-refractivity contribution in [1.29, 1.82) is 0 Å². The lowest BCUT2D eigenvalue weighted by Crippen LogP contribution is -2.37. The number of para-hydroxylation sites is 2. The van der Waals surface area contributed by atoms with Gasteiger partial charge in [-0.2, -0.15) is 4.98 Å². The number of nitrogens with one attached hydrogen (secondary N) is 2. The summed E-state index contributed by atoms with van der Waals surface area (Å²) in [6.07, 6.45) is 2.81. The molecule has 0 radical (unpaired) electrons. The number of urea groups is 1. The third-order valence-electron chi connectivity index (χ3n) is 5.84. The molecular weight excluding hydrogens is 480 g/mol. The molecule has 0 atom stereocenters. The van der Waals surface area contributed by atoms with E-state index < -0.39 is 0 Å². The normalized spacial score (nSPS) is 13.4. The molecular formula is C27H25ClN4O4. The monoisotopic (exact) mass is 504 g/mol. The average Bonchev–Trinajstić information content (AvgIpc) is 3.32. The summed E-state index contributed by atoms with van der Waals surface area (Å²) in [5.74, 6) is 0.535. The summed E-state index contributed by atoms with van der Waals surface area (Å²) >= 11 is 6.28. The number of benzene rings is 3. The smallest absolute Gasteiger partial charge is 0.322 e. The topological polar surface area (TPSA) is 99.9 Å². The molecule has 0 fully saturated rings. The van der Waals surface area contributed by atoms with Gasteiger partial charge in [-0.05, 0) is 54.0 Å². The van der Waals surface area contributed by atoms with Crippen molar-refractivity contribution in [1.82, 2.24) is 9.88 Å². The number of carbonyl (C=O) groups is 1. The van der Waals surface area contributed by atoms with Crippen LogP contribution in [0, 0.1) is 0 Å². The van der Waals surface area contributed by atoms with Gasteiger partial charge in [0.1, 0.15) is 17.9 Å². The van der Waals surface area contributed by atoms with Gasteiger partial charge in [0.15, 0.2) is 5.58 Å². The fraction of sp³-hybridized carbons (Fsp3) is 0.185. The molecule has 9 heteroatoms. The predicted octanol–water partition coefficient (Wildman–Crippen LogP) is 5.92. The number of ether oxygens (including phenoxy) is 1. The molecule has 36 heavy (non-hydrogen) atoms. The Kier molecular flexibility index (Phi) is 7.06. The highest BCUT2D eigenvalue weighted by Crippen LogP contribution is 2.29. The van der Waals surface area contributed by atoms with Crippen LogP contribution >= 0.6 is 11.6 Å². The summed E-state index contributed by atoms with van der Waals surface area (Å²) < 4.78 is 11.1. The number of amides is 2. The Bertz CT molecular complexity index is 1370. The fourth-order valence-electron chi connectivity index (χ4n) is 3.98. The second-order valence-corrected chi connectivity index (χ2v) is 8.67. The molecule has 1 aromatic heterocycles. The molecule has 184 valence electrons. The molecule has 1 aliphatic heterocycles. The van der Waals surface area contributed by atoms with Crippen molar-refractivity contribution in [2.45, 2.75) is 6.42 Å². The van der Waals surface area contributed by atoms with Crippen LogP contribution in [-0.4, -0.2) is 47.3 Å². The number of hydrogen-bond acceptors (Lipinski definition) is 6. The largest absolute Gasteiger partial charge is 0.491 e. The number of nitrogens with zero attached hydrogens (tertiary/aromatic N) is 2. The molecule has 0 aliphatic carbocycles. The van der Waals surface area contributed by atoms with E-state index in [0.717, 1.165) is 28.8 Å². The van der Waals surface area contributed by atoms with Crippen LogP contribution in [0.25, 0.3) is 16.7 Å². The Hall–Kier alpha value is -4.01. The highest BCUT2D eigenvalue weighted by molar-refractivity contribution is 6.33. The van der Waals surface area contributed by atoms with Crippen LogP contribution in [-0.2, 0) is 0 Å². The van der Waals surface area contributed by atoms with Gasteiger partial charge in [0.05, 0.1) is 17.3 Å². The van der Waals surface area contributed by atoms with Gasteiger partial charge in [0.25, 0.3) is 6.01 Å². The van der Waals surface area contributed by atoms with Crippen LogP contribution in [0.5, 0.6) is 5.75 Å². The SMILES string of the molecule is O=C(Nc1ccc(OCCO)cc1Cl)N1CC=C(c2ccc(Nc3nc4ccccc4o3)cc2)CC1. The number of hydrogen-bond donors (Lipinski definition) is 3. The molecule has 3 N–H and O–H groups in total. The Balaban J connectivity index is 1.17. The maximum Gasteiger partial charge on any atom is 0.322 e. The lowest BCUT2D eigenvalue weighted by Gasteiger charge is -2.27. The molecule has 5 rings (SSSR count). The number of aliphatic hydroxyl groups excluding tert-OH is 1. The Morgan fingerprint density at radius 1 is 1.14 bits per heavy atom. The number of anilines is 3. The van der Waals surface area contributed by atoms with Crippen molar-refractivity contribution >= 4 is 51.7 Å². The van der Waals surface area contributed by atoms with Gasteiger partial charge in [-0.15, -0.1) is 0 Å². The predicted molar refractivity (Wildman–Crippen MR) is 141 cm³/mol. The first-order valence-corrected chi connectivity index (χ1v) is 12.0. The second kappa shape index (κ2) is 10.7. The molecule has 0 spiro atoms. The third-order valence-corrected chi connectivity index (χ3v) is 6.15. The van der Waals surface area contributed by atoms with Crippen LogP contribution in [0.4, 0.5) is 22.2 Å². The minimum absolute atomic E-state index is 0.0818. The zero-order valence-corrected chi connectivity index (χ0v) is 20.2. The molecule has 8 nitrogen and oxygen atoms in total. The summed E-state index contributed by atoms with van der Waals surface area (Å²) in [5, 5.41) is 15.3. The molecule has 2 heterocycles. The first kappa shape index (κ1) is 23.7. The number of carbonyl (C=O) groups excluding carboxylic acids is 1. The van der Waals surface area contributed by atoms with Gasteiger partial charge in [-0.25, -0.2) is 4.79 Å². The van der Waals surface area contributed by atoms with E-state index in [2.05, 4.69) is 21.7 Å². The Morgan fingerprint density at radius 3 is 2.69 bits per heavy atom. The van der Waals surface area contributed by atoms with E-state index in [9.17, 15) is 4.79 Å². The van der Waals surface area contributed by atoms with Gasteiger partial charge in [0, 0.05) is 24.8 Å². The first-order chi connectivity index (χ1) is 17.6. The number of oxazole rings is 1. The van der Waals surface area contributed by atoms with Gasteiger partial charge in [-0.1, -0.05) is 41.9 Å². The average molecular weight is 505 g/mol. The van der Waals surface area contributed by atoms with Crippen LogP contribution in [0.1, 0.15) is 12.0 Å². The van der Waals surface area contributed by atoms with Crippen molar-refractivity contribution in [3.8, 4) is 5.75 Å². The highest BCUT2D eigenvalue weighted by atomic mass is 35.5. The summed E-state index contributed by atoms with van der Waals surface area (Å²) in [6.45, 7) is 1.19. The lowest BCUT2D eigenvalue weighted by atomic mass is 9.99. The van der Waals surface area contributed by atoms with E-state index in [-0.39, 0.29) is 19.2 Å². The highest BCUT2D eigenvalue weighted by Gasteiger charge is 2.19. The van der Waals surface area contributed by atoms with Gasteiger partial charge < -0.3 is 29.8 Å². The van der Waals surface area contributed by atoms with Crippen molar-refractivity contribution in [3.63, 3.8) is 0 Å². The van der Waals surface area contributed by atoms with Crippen LogP contribution < -0.4 is 15.4 Å². The third kappa shape index (κ3) is 5.45. The van der Waals surface area contributed by atoms with Crippen LogP contribution in [0.15, 0.2) is 77.2 Å². The standard InChI is InChI=1S/C27H25ClN4O4/c28-22-17-21(35-16-15-33)9-10-23(22)31-27(34)32-13-11-19(12-14-32)18-5-7-20(8-6-18)29-26-30-24-3-1-2-4-25(24)36-26/h1-11,17,33H,12-16H2,(H,29,30)(H,31,34). The molecule has 1 aliphatic rings. The van der Waals surface area contributed by atoms with Gasteiger partial charge in [0.2, 0.25) is 0 Å². The van der Waals surface area contributed by atoms with Crippen LogP contribution in [0.2, 0.25) is 5.02 Å².